The summed E-state index contributed by atoms with van der Waals surface area (Å²) in [6.07, 6.45) is 3.99. The smallest absolute Gasteiger partial charge is 0.0387 e. The summed E-state index contributed by atoms with van der Waals surface area (Å²) in [5.41, 5.74) is 15.2. The zero-order valence-corrected chi connectivity index (χ0v) is 8.93. The highest BCUT2D eigenvalue weighted by Crippen LogP contribution is 2.15. The fraction of sp³-hybridized carbons (Fsp3) is 0. The Balaban J connectivity index is 2.25. The van der Waals surface area contributed by atoms with Gasteiger partial charge >= 0.3 is 0 Å². The maximum Gasteiger partial charge on any atom is 0.0387 e. The summed E-state index contributed by atoms with van der Waals surface area (Å²) in [5, 5.41) is 0. The normalized spacial score (nSPS) is 10.8. The Morgan fingerprint density at radius 3 is 2.38 bits per heavy atom. The van der Waals surface area contributed by atoms with Crippen molar-refractivity contribution in [3.63, 3.8) is 0 Å². The average Bonchev–Trinajstić information content (AvgIpc) is 2.28. The summed E-state index contributed by atoms with van der Waals surface area (Å²) in [7, 11) is 0. The summed E-state index contributed by atoms with van der Waals surface area (Å²) >= 11 is 0. The third-order valence-electron chi connectivity index (χ3n) is 2.36. The molecule has 80 valence electrons. The Labute approximate surface area is 95.2 Å². The van der Waals surface area contributed by atoms with Crippen molar-refractivity contribution in [2.75, 3.05) is 11.5 Å². The molecule has 4 N–H and O–H groups in total. The number of nitrogens with two attached hydrogens (primary N) is 2. The predicted molar refractivity (Wildman–Crippen MR) is 70.6 cm³/mol. The molecular weight excluding hydrogens is 196 g/mol. The molecule has 0 heterocycles. The van der Waals surface area contributed by atoms with Crippen LogP contribution < -0.4 is 11.5 Å². The van der Waals surface area contributed by atoms with E-state index in [0.717, 1.165) is 22.5 Å². The third-order valence-corrected chi connectivity index (χ3v) is 2.36. The molecule has 2 heteroatoms. The lowest BCUT2D eigenvalue weighted by Crippen LogP contribution is -1.87. The lowest BCUT2D eigenvalue weighted by Gasteiger charge is -1.99. The maximum absolute atomic E-state index is 5.84. The Morgan fingerprint density at radius 1 is 0.812 bits per heavy atom. The molecule has 2 aromatic carbocycles. The van der Waals surface area contributed by atoms with E-state index in [1.165, 1.54) is 0 Å². The molecular formula is C14H14N2. The van der Waals surface area contributed by atoms with Gasteiger partial charge in [-0.15, -0.1) is 0 Å². The molecule has 0 aliphatic rings. The van der Waals surface area contributed by atoms with Crippen molar-refractivity contribution in [3.8, 4) is 0 Å². The maximum atomic E-state index is 5.84. The van der Waals surface area contributed by atoms with Crippen LogP contribution >= 0.6 is 0 Å². The fourth-order valence-electron chi connectivity index (χ4n) is 1.51. The quantitative estimate of drug-likeness (QED) is 0.591. The summed E-state index contributed by atoms with van der Waals surface area (Å²) < 4.78 is 0. The van der Waals surface area contributed by atoms with Gasteiger partial charge in [-0.2, -0.15) is 0 Å². The first-order valence-corrected chi connectivity index (χ1v) is 5.14. The molecule has 2 nitrogen and oxygen atoms in total. The molecule has 0 saturated carbocycles. The van der Waals surface area contributed by atoms with Crippen molar-refractivity contribution in [1.29, 1.82) is 0 Å². The van der Waals surface area contributed by atoms with Crippen LogP contribution in [0.1, 0.15) is 11.1 Å². The molecule has 2 aromatic rings. The highest BCUT2D eigenvalue weighted by Gasteiger charge is 1.92. The van der Waals surface area contributed by atoms with Crippen molar-refractivity contribution in [3.05, 3.63) is 59.7 Å². The van der Waals surface area contributed by atoms with Crippen LogP contribution in [0.4, 0.5) is 11.4 Å². The van der Waals surface area contributed by atoms with E-state index in [1.807, 2.05) is 60.7 Å². The number of hydrogen-bond donors (Lipinski definition) is 2. The van der Waals surface area contributed by atoms with Gasteiger partial charge < -0.3 is 11.5 Å². The summed E-state index contributed by atoms with van der Waals surface area (Å²) in [6.45, 7) is 0. The minimum atomic E-state index is 0.767. The molecule has 0 radical (unpaired) electrons. The molecule has 0 aromatic heterocycles. The van der Waals surface area contributed by atoms with Gasteiger partial charge in [-0.3, -0.25) is 0 Å². The number of para-hydroxylation sites is 1. The first-order valence-electron chi connectivity index (χ1n) is 5.14. The van der Waals surface area contributed by atoms with E-state index >= 15 is 0 Å². The highest BCUT2D eigenvalue weighted by atomic mass is 14.6. The Hall–Kier alpha value is -2.22. The van der Waals surface area contributed by atoms with Crippen molar-refractivity contribution in [2.24, 2.45) is 0 Å². The van der Waals surface area contributed by atoms with Crippen LogP contribution in [0.3, 0.4) is 0 Å². The van der Waals surface area contributed by atoms with Gasteiger partial charge in [-0.25, -0.2) is 0 Å². The standard InChI is InChI=1S/C14H14N2/c15-13-6-3-4-11(10-13)8-9-12-5-1-2-7-14(12)16/h1-10H,15-16H2/b9-8+. The minimum Gasteiger partial charge on any atom is -0.399 e. The van der Waals surface area contributed by atoms with E-state index < -0.39 is 0 Å². The summed E-state index contributed by atoms with van der Waals surface area (Å²) in [6, 6.07) is 15.5. The molecule has 2 rings (SSSR count). The predicted octanol–water partition coefficient (Wildman–Crippen LogP) is 3.02. The van der Waals surface area contributed by atoms with E-state index in [2.05, 4.69) is 0 Å². The molecule has 0 unspecified atom stereocenters. The fourth-order valence-corrected chi connectivity index (χ4v) is 1.51. The second-order valence-corrected chi connectivity index (χ2v) is 3.63. The van der Waals surface area contributed by atoms with Gasteiger partial charge in [0.15, 0.2) is 0 Å². The van der Waals surface area contributed by atoms with Crippen LogP contribution in [0, 0.1) is 0 Å². The Morgan fingerprint density at radius 2 is 1.62 bits per heavy atom. The minimum absolute atomic E-state index is 0.767. The number of hydrogen-bond acceptors (Lipinski definition) is 2. The van der Waals surface area contributed by atoms with Crippen molar-refractivity contribution in [2.45, 2.75) is 0 Å². The van der Waals surface area contributed by atoms with Gasteiger partial charge in [0.25, 0.3) is 0 Å². The van der Waals surface area contributed by atoms with Crippen molar-refractivity contribution >= 4 is 23.5 Å². The highest BCUT2D eigenvalue weighted by molar-refractivity contribution is 5.76. The van der Waals surface area contributed by atoms with E-state index in [9.17, 15) is 0 Å². The molecule has 0 aliphatic heterocycles. The first kappa shape index (κ1) is 10.3. The second kappa shape index (κ2) is 4.53. The number of anilines is 2. The molecule has 0 saturated heterocycles. The lowest BCUT2D eigenvalue weighted by molar-refractivity contribution is 1.63. The van der Waals surface area contributed by atoms with Crippen LogP contribution in [-0.2, 0) is 0 Å². The molecule has 0 bridgehead atoms. The average molecular weight is 210 g/mol. The number of benzene rings is 2. The van der Waals surface area contributed by atoms with Crippen molar-refractivity contribution < 1.29 is 0 Å². The van der Waals surface area contributed by atoms with E-state index in [0.29, 0.717) is 0 Å². The molecule has 0 spiro atoms. The van der Waals surface area contributed by atoms with E-state index in [-0.39, 0.29) is 0 Å². The monoisotopic (exact) mass is 210 g/mol. The van der Waals surface area contributed by atoms with Gasteiger partial charge in [0.2, 0.25) is 0 Å². The van der Waals surface area contributed by atoms with E-state index in [1.54, 1.807) is 0 Å². The molecule has 16 heavy (non-hydrogen) atoms. The number of nitrogen functional groups attached to an aromatic ring is 2. The third kappa shape index (κ3) is 2.42. The lowest BCUT2D eigenvalue weighted by atomic mass is 10.1. The number of rotatable bonds is 2. The van der Waals surface area contributed by atoms with Gasteiger partial charge in [-0.05, 0) is 29.3 Å². The van der Waals surface area contributed by atoms with Gasteiger partial charge in [-0.1, -0.05) is 42.5 Å². The first-order chi connectivity index (χ1) is 7.75. The van der Waals surface area contributed by atoms with Gasteiger partial charge in [0.05, 0.1) is 0 Å². The van der Waals surface area contributed by atoms with E-state index in [4.69, 9.17) is 11.5 Å². The molecule has 0 fully saturated rings. The molecule has 0 atom stereocenters. The zero-order valence-electron chi connectivity index (χ0n) is 8.93. The van der Waals surface area contributed by atoms with Crippen LogP contribution in [0.2, 0.25) is 0 Å². The summed E-state index contributed by atoms with van der Waals surface area (Å²) in [5.74, 6) is 0. The van der Waals surface area contributed by atoms with Crippen LogP contribution in [0.15, 0.2) is 48.5 Å². The van der Waals surface area contributed by atoms with Crippen LogP contribution in [-0.4, -0.2) is 0 Å². The van der Waals surface area contributed by atoms with Crippen molar-refractivity contribution in [1.82, 2.24) is 0 Å². The van der Waals surface area contributed by atoms with Gasteiger partial charge in [0, 0.05) is 11.4 Å². The second-order valence-electron chi connectivity index (χ2n) is 3.63. The Kier molecular flexibility index (Phi) is 2.92. The topological polar surface area (TPSA) is 52.0 Å². The summed E-state index contributed by atoms with van der Waals surface area (Å²) in [4.78, 5) is 0. The van der Waals surface area contributed by atoms with Crippen LogP contribution in [0.25, 0.3) is 12.2 Å². The Bertz CT molecular complexity index is 516. The zero-order chi connectivity index (χ0) is 11.4. The SMILES string of the molecule is Nc1cccc(/C=C/c2ccccc2N)c1. The molecule has 0 amide bonds. The van der Waals surface area contributed by atoms with Crippen LogP contribution in [0.5, 0.6) is 0 Å². The molecule has 0 aliphatic carbocycles. The largest absolute Gasteiger partial charge is 0.399 e. The van der Waals surface area contributed by atoms with Gasteiger partial charge in [0.1, 0.15) is 0 Å².